The number of para-hydroxylation sites is 1. The number of benzene rings is 1. The molecule has 1 aromatic carbocycles. The van der Waals surface area contributed by atoms with Crippen LogP contribution in [0.1, 0.15) is 43.7 Å². The van der Waals surface area contributed by atoms with Crippen molar-refractivity contribution in [1.29, 1.82) is 0 Å². The highest BCUT2D eigenvalue weighted by Crippen LogP contribution is 2.59. The van der Waals surface area contributed by atoms with Gasteiger partial charge < -0.3 is 24.4 Å². The van der Waals surface area contributed by atoms with Crippen LogP contribution in [-0.4, -0.2) is 71.8 Å². The standard InChI is InChI=1S/C27H36N2O6/c1-5-14-28(22-17(3)10-9-11-18(22)4)25(32)23-27-13-12-19(35-27)20(26(33)34-6-2)21(27)24(31)29(23)15-7-8-16-30/h5,9-11,19-21,23,30H,1,6-8,12-16H2,2-4H3/t19-,20+,21+,23-,27+/m0/s1. The van der Waals surface area contributed by atoms with Gasteiger partial charge in [-0.25, -0.2) is 0 Å². The smallest absolute Gasteiger partial charge is 0.312 e. The molecule has 1 N–H and O–H groups in total. The third-order valence-electron chi connectivity index (χ3n) is 7.69. The summed E-state index contributed by atoms with van der Waals surface area (Å²) in [4.78, 5) is 44.4. The Morgan fingerprint density at radius 1 is 1.31 bits per heavy atom. The van der Waals surface area contributed by atoms with Gasteiger partial charge in [0.2, 0.25) is 5.91 Å². The number of nitrogens with zero attached hydrogens (tertiary/aromatic N) is 2. The molecule has 1 spiro atoms. The fraction of sp³-hybridized carbons (Fsp3) is 0.593. The minimum absolute atomic E-state index is 0.00420. The van der Waals surface area contributed by atoms with E-state index in [0.717, 1.165) is 16.8 Å². The maximum absolute atomic E-state index is 14.4. The fourth-order valence-corrected chi connectivity index (χ4v) is 6.37. The lowest BCUT2D eigenvalue weighted by Gasteiger charge is -2.37. The highest BCUT2D eigenvalue weighted by molar-refractivity contribution is 6.05. The number of anilines is 1. The number of aliphatic hydroxyl groups excluding tert-OH is 1. The van der Waals surface area contributed by atoms with E-state index in [9.17, 15) is 19.5 Å². The Kier molecular flexibility index (Phi) is 7.33. The first-order valence-corrected chi connectivity index (χ1v) is 12.6. The molecule has 3 aliphatic heterocycles. The van der Waals surface area contributed by atoms with Crippen LogP contribution in [0.5, 0.6) is 0 Å². The molecular weight excluding hydrogens is 448 g/mol. The van der Waals surface area contributed by atoms with E-state index in [4.69, 9.17) is 9.47 Å². The second-order valence-electron chi connectivity index (χ2n) is 9.75. The number of rotatable bonds is 10. The van der Waals surface area contributed by atoms with Crippen molar-refractivity contribution in [2.24, 2.45) is 11.8 Å². The van der Waals surface area contributed by atoms with Gasteiger partial charge >= 0.3 is 5.97 Å². The lowest BCUT2D eigenvalue weighted by molar-refractivity contribution is -0.154. The first kappa shape index (κ1) is 25.4. The highest BCUT2D eigenvalue weighted by Gasteiger charge is 2.75. The van der Waals surface area contributed by atoms with E-state index in [2.05, 4.69) is 6.58 Å². The number of amides is 2. The molecular formula is C27H36N2O6. The van der Waals surface area contributed by atoms with Crippen LogP contribution in [0.4, 0.5) is 5.69 Å². The molecule has 0 saturated carbocycles. The average Bonchev–Trinajstić information content (AvgIpc) is 3.46. The molecule has 3 aliphatic rings. The second-order valence-corrected chi connectivity index (χ2v) is 9.75. The number of likely N-dealkylation sites (tertiary alicyclic amines) is 1. The number of fused-ring (bicyclic) bond motifs is 1. The Hall–Kier alpha value is -2.71. The summed E-state index contributed by atoms with van der Waals surface area (Å²) in [6.45, 7) is 10.3. The molecule has 5 atom stereocenters. The molecule has 1 aromatic rings. The Labute approximate surface area is 206 Å². The van der Waals surface area contributed by atoms with Gasteiger partial charge in [0.1, 0.15) is 11.6 Å². The van der Waals surface area contributed by atoms with Crippen LogP contribution in [0, 0.1) is 25.7 Å². The summed E-state index contributed by atoms with van der Waals surface area (Å²) >= 11 is 0. The van der Waals surface area contributed by atoms with Crippen LogP contribution in [0.15, 0.2) is 30.9 Å². The Morgan fingerprint density at radius 2 is 2.03 bits per heavy atom. The van der Waals surface area contributed by atoms with Gasteiger partial charge in [0, 0.05) is 25.4 Å². The normalized spacial score (nSPS) is 28.8. The number of hydrogen-bond acceptors (Lipinski definition) is 6. The SMILES string of the molecule is C=CCN(C(=O)[C@@H]1N(CCCCO)C(=O)[C@H]2[C@H](C(=O)OCC)[C@@H]3CC[C@]12O3)c1c(C)cccc1C. The van der Waals surface area contributed by atoms with E-state index in [1.165, 1.54) is 0 Å². The number of carbonyl (C=O) groups excluding carboxylic acids is 3. The number of hydrogen-bond donors (Lipinski definition) is 1. The van der Waals surface area contributed by atoms with Gasteiger partial charge in [-0.2, -0.15) is 0 Å². The molecule has 0 unspecified atom stereocenters. The van der Waals surface area contributed by atoms with Crippen LogP contribution >= 0.6 is 0 Å². The Morgan fingerprint density at radius 3 is 2.66 bits per heavy atom. The fourth-order valence-electron chi connectivity index (χ4n) is 6.37. The van der Waals surface area contributed by atoms with E-state index in [-0.39, 0.29) is 31.6 Å². The summed E-state index contributed by atoms with van der Waals surface area (Å²) in [5, 5.41) is 9.31. The third-order valence-corrected chi connectivity index (χ3v) is 7.69. The van der Waals surface area contributed by atoms with Crippen molar-refractivity contribution in [2.75, 3.05) is 31.2 Å². The zero-order valence-corrected chi connectivity index (χ0v) is 20.9. The molecule has 4 rings (SSSR count). The van der Waals surface area contributed by atoms with Crippen molar-refractivity contribution in [1.82, 2.24) is 4.90 Å². The van der Waals surface area contributed by atoms with Crippen LogP contribution in [-0.2, 0) is 23.9 Å². The number of carbonyl (C=O) groups is 3. The Bertz CT molecular complexity index is 989. The molecule has 3 fully saturated rings. The number of ether oxygens (including phenoxy) is 2. The number of aryl methyl sites for hydroxylation is 2. The summed E-state index contributed by atoms with van der Waals surface area (Å²) in [5.74, 6) is -2.35. The first-order valence-electron chi connectivity index (χ1n) is 12.6. The molecule has 2 amide bonds. The zero-order valence-electron chi connectivity index (χ0n) is 20.9. The molecule has 3 saturated heterocycles. The zero-order chi connectivity index (χ0) is 25.3. The number of esters is 1. The van der Waals surface area contributed by atoms with Crippen LogP contribution in [0.3, 0.4) is 0 Å². The molecule has 0 radical (unpaired) electrons. The van der Waals surface area contributed by atoms with Crippen LogP contribution < -0.4 is 4.90 Å². The minimum Gasteiger partial charge on any atom is -0.466 e. The molecule has 8 nitrogen and oxygen atoms in total. The summed E-state index contributed by atoms with van der Waals surface area (Å²) in [5.41, 5.74) is 1.64. The molecule has 3 heterocycles. The van der Waals surface area contributed by atoms with E-state index in [1.807, 2.05) is 32.0 Å². The van der Waals surface area contributed by atoms with Gasteiger partial charge in [-0.3, -0.25) is 14.4 Å². The van der Waals surface area contributed by atoms with E-state index in [1.54, 1.807) is 22.8 Å². The molecule has 0 aliphatic carbocycles. The topological polar surface area (TPSA) is 96.4 Å². The minimum atomic E-state index is -1.06. The van der Waals surface area contributed by atoms with Gasteiger partial charge in [0.25, 0.3) is 5.91 Å². The molecule has 2 bridgehead atoms. The predicted molar refractivity (Wildman–Crippen MR) is 131 cm³/mol. The van der Waals surface area contributed by atoms with Crippen molar-refractivity contribution >= 4 is 23.5 Å². The lowest BCUT2D eigenvalue weighted by atomic mass is 9.70. The largest absolute Gasteiger partial charge is 0.466 e. The second kappa shape index (κ2) is 10.1. The van der Waals surface area contributed by atoms with Gasteiger partial charge in [-0.05, 0) is 57.6 Å². The van der Waals surface area contributed by atoms with Crippen LogP contribution in [0.2, 0.25) is 0 Å². The van der Waals surface area contributed by atoms with Gasteiger partial charge in [0.05, 0.1) is 24.5 Å². The maximum Gasteiger partial charge on any atom is 0.312 e. The summed E-state index contributed by atoms with van der Waals surface area (Å²) in [6, 6.07) is 5.01. The molecule has 35 heavy (non-hydrogen) atoms. The molecule has 190 valence electrons. The lowest BCUT2D eigenvalue weighted by Crippen LogP contribution is -2.56. The van der Waals surface area contributed by atoms with Crippen LogP contribution in [0.25, 0.3) is 0 Å². The first-order chi connectivity index (χ1) is 16.8. The maximum atomic E-state index is 14.4. The summed E-state index contributed by atoms with van der Waals surface area (Å²) in [6.07, 6.45) is 3.46. The predicted octanol–water partition coefficient (Wildman–Crippen LogP) is 2.53. The number of aliphatic hydroxyl groups is 1. The van der Waals surface area contributed by atoms with Crippen molar-refractivity contribution in [3.05, 3.63) is 42.0 Å². The van der Waals surface area contributed by atoms with E-state index < -0.39 is 35.6 Å². The highest BCUT2D eigenvalue weighted by atomic mass is 16.6. The molecule has 8 heteroatoms. The van der Waals surface area contributed by atoms with E-state index >= 15 is 0 Å². The van der Waals surface area contributed by atoms with Crippen molar-refractivity contribution in [2.45, 2.75) is 64.2 Å². The van der Waals surface area contributed by atoms with Crippen molar-refractivity contribution in [3.8, 4) is 0 Å². The van der Waals surface area contributed by atoms with Crippen molar-refractivity contribution in [3.63, 3.8) is 0 Å². The quantitative estimate of drug-likeness (QED) is 0.312. The number of unbranched alkanes of at least 4 members (excludes halogenated alkanes) is 1. The van der Waals surface area contributed by atoms with Gasteiger partial charge in [0.15, 0.2) is 0 Å². The van der Waals surface area contributed by atoms with Crippen molar-refractivity contribution < 1.29 is 29.0 Å². The summed E-state index contributed by atoms with van der Waals surface area (Å²) in [7, 11) is 0. The summed E-state index contributed by atoms with van der Waals surface area (Å²) < 4.78 is 11.8. The average molecular weight is 485 g/mol. The third kappa shape index (κ3) is 4.06. The monoisotopic (exact) mass is 484 g/mol. The van der Waals surface area contributed by atoms with Gasteiger partial charge in [-0.15, -0.1) is 6.58 Å². The Balaban J connectivity index is 1.78. The van der Waals surface area contributed by atoms with Gasteiger partial charge in [-0.1, -0.05) is 24.3 Å². The van der Waals surface area contributed by atoms with E-state index in [0.29, 0.717) is 32.2 Å². The molecule has 0 aromatic heterocycles.